The van der Waals surface area contributed by atoms with Gasteiger partial charge in [0.1, 0.15) is 6.61 Å². The van der Waals surface area contributed by atoms with Gasteiger partial charge in [-0.25, -0.2) is 4.79 Å². The number of thiol groups is 1. The van der Waals surface area contributed by atoms with Crippen molar-refractivity contribution in [3.8, 4) is 0 Å². The van der Waals surface area contributed by atoms with Crippen molar-refractivity contribution >= 4 is 30.2 Å². The molecular formula is C24H23NO3S. The summed E-state index contributed by atoms with van der Waals surface area (Å²) < 4.78 is 5.36. The highest BCUT2D eigenvalue weighted by molar-refractivity contribution is 7.80. The molecule has 0 fully saturated rings. The van der Waals surface area contributed by atoms with Crippen molar-refractivity contribution in [1.82, 2.24) is 0 Å². The van der Waals surface area contributed by atoms with Gasteiger partial charge in [-0.15, -0.1) is 0 Å². The summed E-state index contributed by atoms with van der Waals surface area (Å²) in [5, 5.41) is 2.89. The van der Waals surface area contributed by atoms with Gasteiger partial charge in [-0.05, 0) is 35.7 Å². The molecule has 1 N–H and O–H groups in total. The molecule has 0 aliphatic rings. The SMILES string of the molecule is O=C(OCc1ccccc1)c1cccc(NC(=O)C(CS)Cc2ccccc2)c1. The molecule has 1 atom stereocenters. The van der Waals surface area contributed by atoms with E-state index >= 15 is 0 Å². The Morgan fingerprint density at radius 3 is 2.17 bits per heavy atom. The van der Waals surface area contributed by atoms with Gasteiger partial charge in [0.2, 0.25) is 5.91 Å². The quantitative estimate of drug-likeness (QED) is 0.419. The largest absolute Gasteiger partial charge is 0.457 e. The summed E-state index contributed by atoms with van der Waals surface area (Å²) in [5.74, 6) is -0.396. The maximum absolute atomic E-state index is 12.7. The molecule has 3 rings (SSSR count). The van der Waals surface area contributed by atoms with Crippen LogP contribution in [0.3, 0.4) is 0 Å². The van der Waals surface area contributed by atoms with Crippen LogP contribution in [-0.2, 0) is 22.6 Å². The molecule has 0 aliphatic carbocycles. The lowest BCUT2D eigenvalue weighted by Crippen LogP contribution is -2.26. The van der Waals surface area contributed by atoms with Crippen molar-refractivity contribution in [2.75, 3.05) is 11.1 Å². The van der Waals surface area contributed by atoms with Gasteiger partial charge in [0.05, 0.1) is 11.5 Å². The number of hydrogen-bond acceptors (Lipinski definition) is 4. The van der Waals surface area contributed by atoms with Crippen molar-refractivity contribution < 1.29 is 14.3 Å². The summed E-state index contributed by atoms with van der Waals surface area (Å²) in [6.45, 7) is 0.203. The molecule has 148 valence electrons. The number of carbonyl (C=O) groups is 2. The minimum atomic E-state index is -0.431. The van der Waals surface area contributed by atoms with E-state index in [1.807, 2.05) is 60.7 Å². The topological polar surface area (TPSA) is 55.4 Å². The first-order chi connectivity index (χ1) is 14.2. The fourth-order valence-corrected chi connectivity index (χ4v) is 3.21. The summed E-state index contributed by atoms with van der Waals surface area (Å²) in [6, 6.07) is 26.1. The van der Waals surface area contributed by atoms with Crippen LogP contribution in [0, 0.1) is 5.92 Å². The van der Waals surface area contributed by atoms with Crippen LogP contribution in [0.1, 0.15) is 21.5 Å². The van der Waals surface area contributed by atoms with E-state index < -0.39 is 5.97 Å². The van der Waals surface area contributed by atoms with Gasteiger partial charge in [0.15, 0.2) is 0 Å². The number of esters is 1. The molecule has 0 saturated heterocycles. The zero-order valence-corrected chi connectivity index (χ0v) is 16.8. The fourth-order valence-electron chi connectivity index (χ4n) is 2.91. The van der Waals surface area contributed by atoms with Crippen LogP contribution < -0.4 is 5.32 Å². The van der Waals surface area contributed by atoms with Gasteiger partial charge in [0.25, 0.3) is 0 Å². The standard InChI is InChI=1S/C24H23NO3S/c26-23(21(17-29)14-18-8-3-1-4-9-18)25-22-13-7-12-20(15-22)24(27)28-16-19-10-5-2-6-11-19/h1-13,15,21,29H,14,16-17H2,(H,25,26). The van der Waals surface area contributed by atoms with E-state index in [0.29, 0.717) is 23.4 Å². The van der Waals surface area contributed by atoms with Gasteiger partial charge in [0, 0.05) is 11.4 Å². The number of carbonyl (C=O) groups excluding carboxylic acids is 2. The molecule has 3 aromatic rings. The monoisotopic (exact) mass is 405 g/mol. The molecule has 0 spiro atoms. The third-order valence-electron chi connectivity index (χ3n) is 4.49. The molecule has 0 aromatic heterocycles. The number of ether oxygens (including phenoxy) is 1. The highest BCUT2D eigenvalue weighted by atomic mass is 32.1. The van der Waals surface area contributed by atoms with Crippen LogP contribution >= 0.6 is 12.6 Å². The Hall–Kier alpha value is -3.05. The van der Waals surface area contributed by atoms with E-state index in [1.54, 1.807) is 24.3 Å². The molecule has 1 unspecified atom stereocenters. The molecular weight excluding hydrogens is 382 g/mol. The summed E-state index contributed by atoms with van der Waals surface area (Å²) in [4.78, 5) is 25.0. The van der Waals surface area contributed by atoms with E-state index in [1.165, 1.54) is 0 Å². The average molecular weight is 406 g/mol. The normalized spacial score (nSPS) is 11.5. The minimum Gasteiger partial charge on any atom is -0.457 e. The van der Waals surface area contributed by atoms with Crippen molar-refractivity contribution in [2.24, 2.45) is 5.92 Å². The summed E-state index contributed by atoms with van der Waals surface area (Å²) in [6.07, 6.45) is 0.606. The highest BCUT2D eigenvalue weighted by Crippen LogP contribution is 2.17. The maximum Gasteiger partial charge on any atom is 0.338 e. The van der Waals surface area contributed by atoms with E-state index in [4.69, 9.17) is 4.74 Å². The molecule has 0 bridgehead atoms. The lowest BCUT2D eigenvalue weighted by molar-refractivity contribution is -0.119. The van der Waals surface area contributed by atoms with E-state index in [9.17, 15) is 9.59 Å². The van der Waals surface area contributed by atoms with Crippen LogP contribution in [0.15, 0.2) is 84.9 Å². The maximum atomic E-state index is 12.7. The summed E-state index contributed by atoms with van der Waals surface area (Å²) in [5.41, 5.74) is 2.95. The van der Waals surface area contributed by atoms with Crippen molar-refractivity contribution in [1.29, 1.82) is 0 Å². The van der Waals surface area contributed by atoms with E-state index in [0.717, 1.165) is 11.1 Å². The second-order valence-corrected chi connectivity index (χ2v) is 7.07. The molecule has 0 aliphatic heterocycles. The second-order valence-electron chi connectivity index (χ2n) is 6.70. The highest BCUT2D eigenvalue weighted by Gasteiger charge is 2.18. The molecule has 0 heterocycles. The first-order valence-corrected chi connectivity index (χ1v) is 10.1. The Morgan fingerprint density at radius 1 is 0.862 bits per heavy atom. The van der Waals surface area contributed by atoms with Gasteiger partial charge in [-0.2, -0.15) is 12.6 Å². The zero-order chi connectivity index (χ0) is 20.5. The number of amides is 1. The Kier molecular flexibility index (Phi) is 7.47. The third-order valence-corrected chi connectivity index (χ3v) is 4.94. The number of hydrogen-bond donors (Lipinski definition) is 2. The Morgan fingerprint density at radius 2 is 1.52 bits per heavy atom. The molecule has 4 nitrogen and oxygen atoms in total. The minimum absolute atomic E-state index is 0.126. The van der Waals surface area contributed by atoms with Crippen LogP contribution in [0.4, 0.5) is 5.69 Å². The number of benzene rings is 3. The first kappa shape index (κ1) is 20.7. The Balaban J connectivity index is 1.60. The van der Waals surface area contributed by atoms with E-state index in [-0.39, 0.29) is 18.4 Å². The first-order valence-electron chi connectivity index (χ1n) is 9.42. The smallest absolute Gasteiger partial charge is 0.338 e. The second kappa shape index (κ2) is 10.5. The van der Waals surface area contributed by atoms with Gasteiger partial charge in [-0.3, -0.25) is 4.79 Å². The Bertz CT molecular complexity index is 945. The number of nitrogens with one attached hydrogen (secondary N) is 1. The predicted molar refractivity (Wildman–Crippen MR) is 118 cm³/mol. The number of anilines is 1. The van der Waals surface area contributed by atoms with Gasteiger partial charge >= 0.3 is 5.97 Å². The molecule has 29 heavy (non-hydrogen) atoms. The van der Waals surface area contributed by atoms with Gasteiger partial charge in [-0.1, -0.05) is 66.7 Å². The average Bonchev–Trinajstić information content (AvgIpc) is 2.77. The summed E-state index contributed by atoms with van der Waals surface area (Å²) in [7, 11) is 0. The molecule has 0 saturated carbocycles. The molecule has 5 heteroatoms. The van der Waals surface area contributed by atoms with Crippen LogP contribution in [0.25, 0.3) is 0 Å². The predicted octanol–water partition coefficient (Wildman–Crippen LogP) is 4.77. The van der Waals surface area contributed by atoms with Crippen molar-refractivity contribution in [2.45, 2.75) is 13.0 Å². The third kappa shape index (κ3) is 6.22. The fraction of sp³-hybridized carbons (Fsp3) is 0.167. The molecule has 3 aromatic carbocycles. The summed E-state index contributed by atoms with van der Waals surface area (Å²) >= 11 is 4.33. The lowest BCUT2D eigenvalue weighted by atomic mass is 10.00. The van der Waals surface area contributed by atoms with Crippen LogP contribution in [0.2, 0.25) is 0 Å². The van der Waals surface area contributed by atoms with E-state index in [2.05, 4.69) is 17.9 Å². The molecule has 0 radical (unpaired) electrons. The molecule has 1 amide bonds. The van der Waals surface area contributed by atoms with Crippen LogP contribution in [-0.4, -0.2) is 17.6 Å². The lowest BCUT2D eigenvalue weighted by Gasteiger charge is -2.15. The Labute approximate surface area is 176 Å². The van der Waals surface area contributed by atoms with Crippen molar-refractivity contribution in [3.05, 3.63) is 102 Å². The zero-order valence-electron chi connectivity index (χ0n) is 16.0. The van der Waals surface area contributed by atoms with Crippen molar-refractivity contribution in [3.63, 3.8) is 0 Å². The number of rotatable bonds is 8. The van der Waals surface area contributed by atoms with Crippen LogP contribution in [0.5, 0.6) is 0 Å². The van der Waals surface area contributed by atoms with Gasteiger partial charge < -0.3 is 10.1 Å².